The van der Waals surface area contributed by atoms with Crippen molar-refractivity contribution in [1.82, 2.24) is 0 Å². The number of ether oxygens (including phenoxy) is 4. The first-order valence-corrected chi connectivity index (χ1v) is 11.7. The molecule has 176 valence electrons. The van der Waals surface area contributed by atoms with Crippen LogP contribution in [0.3, 0.4) is 0 Å². The molecule has 0 amide bonds. The van der Waals surface area contributed by atoms with Crippen molar-refractivity contribution in [2.75, 3.05) is 20.8 Å². The van der Waals surface area contributed by atoms with Gasteiger partial charge in [0.05, 0.1) is 20.8 Å². The van der Waals surface area contributed by atoms with E-state index >= 15 is 0 Å². The average molecular weight is 437 g/mol. The number of benzene rings is 1. The molecule has 0 radical (unpaired) electrons. The van der Waals surface area contributed by atoms with Gasteiger partial charge in [-0.25, -0.2) is 0 Å². The fourth-order valence-corrected chi connectivity index (χ4v) is 3.29. The highest BCUT2D eigenvalue weighted by atomic mass is 16.6. The third kappa shape index (κ3) is 12.3. The molecular formula is C25H40O6. The van der Waals surface area contributed by atoms with E-state index in [1.807, 2.05) is 0 Å². The number of esters is 2. The molecule has 0 N–H and O–H groups in total. The Bertz CT molecular complexity index is 606. The Morgan fingerprint density at radius 2 is 1.23 bits per heavy atom. The van der Waals surface area contributed by atoms with Gasteiger partial charge in [0, 0.05) is 12.8 Å². The zero-order valence-corrected chi connectivity index (χ0v) is 19.6. The normalized spacial score (nSPS) is 10.5. The van der Waals surface area contributed by atoms with Gasteiger partial charge in [0.1, 0.15) is 0 Å². The molecule has 0 saturated carbocycles. The quantitative estimate of drug-likeness (QED) is 0.154. The lowest BCUT2D eigenvalue weighted by molar-refractivity contribution is -0.144. The predicted octanol–water partition coefficient (Wildman–Crippen LogP) is 6.24. The Kier molecular flexibility index (Phi) is 15.1. The third-order valence-corrected chi connectivity index (χ3v) is 5.12. The first-order valence-electron chi connectivity index (χ1n) is 11.7. The molecule has 6 nitrogen and oxygen atoms in total. The van der Waals surface area contributed by atoms with E-state index in [2.05, 4.69) is 6.92 Å². The number of carbonyl (C=O) groups excluding carboxylic acids is 2. The minimum absolute atomic E-state index is 0.195. The largest absolute Gasteiger partial charge is 0.493 e. The second kappa shape index (κ2) is 17.4. The van der Waals surface area contributed by atoms with Crippen LogP contribution in [0.25, 0.3) is 0 Å². The lowest BCUT2D eigenvalue weighted by Gasteiger charge is -2.12. The van der Waals surface area contributed by atoms with Crippen LogP contribution < -0.4 is 14.2 Å². The second-order valence-corrected chi connectivity index (χ2v) is 7.72. The molecule has 1 aromatic rings. The van der Waals surface area contributed by atoms with Gasteiger partial charge in [-0.1, -0.05) is 64.4 Å². The molecule has 31 heavy (non-hydrogen) atoms. The van der Waals surface area contributed by atoms with E-state index in [1.54, 1.807) is 18.2 Å². The number of unbranched alkanes of at least 4 members (excludes halogenated alkanes) is 9. The molecule has 0 atom stereocenters. The highest BCUT2D eigenvalue weighted by Crippen LogP contribution is 2.37. The minimum atomic E-state index is -0.383. The highest BCUT2D eigenvalue weighted by Gasteiger charge is 2.15. The molecule has 0 aliphatic heterocycles. The average Bonchev–Trinajstić information content (AvgIpc) is 2.78. The first-order chi connectivity index (χ1) is 15.1. The molecule has 6 heteroatoms. The Labute approximate surface area is 187 Å². The Hall–Kier alpha value is -2.24. The summed E-state index contributed by atoms with van der Waals surface area (Å²) >= 11 is 0. The van der Waals surface area contributed by atoms with Gasteiger partial charge in [0.15, 0.2) is 11.5 Å². The van der Waals surface area contributed by atoms with E-state index in [1.165, 1.54) is 59.2 Å². The summed E-state index contributed by atoms with van der Waals surface area (Å²) in [6.07, 6.45) is 12.8. The van der Waals surface area contributed by atoms with Gasteiger partial charge in [-0.15, -0.1) is 0 Å². The van der Waals surface area contributed by atoms with Gasteiger partial charge in [0.2, 0.25) is 5.75 Å². The molecule has 0 fully saturated rings. The zero-order valence-electron chi connectivity index (χ0n) is 19.6. The van der Waals surface area contributed by atoms with E-state index < -0.39 is 0 Å². The van der Waals surface area contributed by atoms with Crippen LogP contribution in [0.5, 0.6) is 17.2 Å². The number of rotatable bonds is 18. The third-order valence-electron chi connectivity index (χ3n) is 5.12. The number of hydrogen-bond donors (Lipinski definition) is 0. The minimum Gasteiger partial charge on any atom is -0.493 e. The van der Waals surface area contributed by atoms with Crippen molar-refractivity contribution in [3.8, 4) is 17.2 Å². The van der Waals surface area contributed by atoms with Gasteiger partial charge < -0.3 is 18.9 Å². The van der Waals surface area contributed by atoms with E-state index in [4.69, 9.17) is 18.9 Å². The maximum Gasteiger partial charge on any atom is 0.311 e. The summed E-state index contributed by atoms with van der Waals surface area (Å²) in [6, 6.07) is 5.17. The molecular weight excluding hydrogens is 396 g/mol. The summed E-state index contributed by atoms with van der Waals surface area (Å²) in [5.74, 6) is 0.573. The number of carbonyl (C=O) groups is 2. The van der Waals surface area contributed by atoms with Crippen molar-refractivity contribution >= 4 is 11.9 Å². The van der Waals surface area contributed by atoms with E-state index in [9.17, 15) is 9.59 Å². The highest BCUT2D eigenvalue weighted by molar-refractivity contribution is 5.74. The fourth-order valence-electron chi connectivity index (χ4n) is 3.29. The first kappa shape index (κ1) is 26.8. The van der Waals surface area contributed by atoms with E-state index in [0.717, 1.165) is 12.8 Å². The summed E-state index contributed by atoms with van der Waals surface area (Å²) in [7, 11) is 3.01. The smallest absolute Gasteiger partial charge is 0.311 e. The lowest BCUT2D eigenvalue weighted by Crippen LogP contribution is -2.10. The summed E-state index contributed by atoms with van der Waals surface area (Å²) in [5.41, 5.74) is 0. The Morgan fingerprint density at radius 3 is 1.77 bits per heavy atom. The van der Waals surface area contributed by atoms with Crippen LogP contribution in [0.15, 0.2) is 18.2 Å². The van der Waals surface area contributed by atoms with Gasteiger partial charge in [0.25, 0.3) is 0 Å². The van der Waals surface area contributed by atoms with Crippen LogP contribution in [0.2, 0.25) is 0 Å². The molecule has 0 heterocycles. The van der Waals surface area contributed by atoms with Crippen LogP contribution in [-0.4, -0.2) is 32.8 Å². The van der Waals surface area contributed by atoms with E-state index in [0.29, 0.717) is 37.4 Å². The van der Waals surface area contributed by atoms with Gasteiger partial charge in [-0.05, 0) is 31.4 Å². The standard InChI is InChI=1S/C25H40O6/c1-4-5-6-7-8-9-10-11-14-20-30-23(26)18-12-13-19-24(27)31-25-21(28-2)16-15-17-22(25)29-3/h15-17H,4-14,18-20H2,1-3H3. The van der Waals surface area contributed by atoms with Gasteiger partial charge in [-0.2, -0.15) is 0 Å². The van der Waals surface area contributed by atoms with Crippen molar-refractivity contribution in [3.63, 3.8) is 0 Å². The predicted molar refractivity (Wildman–Crippen MR) is 122 cm³/mol. The van der Waals surface area contributed by atoms with Crippen molar-refractivity contribution in [1.29, 1.82) is 0 Å². The number of hydrogen-bond acceptors (Lipinski definition) is 6. The van der Waals surface area contributed by atoms with Crippen LogP contribution >= 0.6 is 0 Å². The summed E-state index contributed by atoms with van der Waals surface area (Å²) < 4.78 is 21.1. The molecule has 0 aliphatic carbocycles. The summed E-state index contributed by atoms with van der Waals surface area (Å²) in [6.45, 7) is 2.72. The fraction of sp³-hybridized carbons (Fsp3) is 0.680. The van der Waals surface area contributed by atoms with Crippen LogP contribution in [-0.2, 0) is 14.3 Å². The van der Waals surface area contributed by atoms with Crippen LogP contribution in [0, 0.1) is 0 Å². The van der Waals surface area contributed by atoms with Crippen molar-refractivity contribution in [2.45, 2.75) is 90.4 Å². The second-order valence-electron chi connectivity index (χ2n) is 7.72. The summed E-state index contributed by atoms with van der Waals surface area (Å²) in [4.78, 5) is 23.9. The maximum atomic E-state index is 12.1. The Morgan fingerprint density at radius 1 is 0.710 bits per heavy atom. The zero-order chi connectivity index (χ0) is 22.7. The molecule has 0 unspecified atom stereocenters. The maximum absolute atomic E-state index is 12.1. The van der Waals surface area contributed by atoms with Gasteiger partial charge in [-0.3, -0.25) is 9.59 Å². The van der Waals surface area contributed by atoms with Crippen LogP contribution in [0.4, 0.5) is 0 Å². The number of para-hydroxylation sites is 1. The molecule has 0 bridgehead atoms. The molecule has 0 aromatic heterocycles. The molecule has 0 saturated heterocycles. The topological polar surface area (TPSA) is 71.1 Å². The van der Waals surface area contributed by atoms with Crippen molar-refractivity contribution in [3.05, 3.63) is 18.2 Å². The van der Waals surface area contributed by atoms with Gasteiger partial charge >= 0.3 is 11.9 Å². The van der Waals surface area contributed by atoms with Crippen molar-refractivity contribution in [2.24, 2.45) is 0 Å². The monoisotopic (exact) mass is 436 g/mol. The van der Waals surface area contributed by atoms with E-state index in [-0.39, 0.29) is 24.1 Å². The molecule has 1 aromatic carbocycles. The lowest BCUT2D eigenvalue weighted by atomic mass is 10.1. The Balaban J connectivity index is 2.07. The molecule has 0 spiro atoms. The SMILES string of the molecule is CCCCCCCCCCCOC(=O)CCCCC(=O)Oc1c(OC)cccc1OC. The number of methoxy groups -OCH3 is 2. The summed E-state index contributed by atoms with van der Waals surface area (Å²) in [5, 5.41) is 0. The molecule has 1 rings (SSSR count). The van der Waals surface area contributed by atoms with Crippen LogP contribution in [0.1, 0.15) is 90.4 Å². The van der Waals surface area contributed by atoms with Crippen molar-refractivity contribution < 1.29 is 28.5 Å². The molecule has 0 aliphatic rings.